The van der Waals surface area contributed by atoms with Crippen molar-refractivity contribution in [3.63, 3.8) is 0 Å². The van der Waals surface area contributed by atoms with Gasteiger partial charge in [0, 0.05) is 13.2 Å². The third-order valence-corrected chi connectivity index (χ3v) is 2.73. The third-order valence-electron chi connectivity index (χ3n) is 2.73. The Morgan fingerprint density at radius 3 is 2.87 bits per heavy atom. The van der Waals surface area contributed by atoms with Crippen molar-refractivity contribution in [2.24, 2.45) is 0 Å². The molecule has 0 aliphatic carbocycles. The van der Waals surface area contributed by atoms with E-state index < -0.39 is 0 Å². The zero-order chi connectivity index (χ0) is 10.5. The van der Waals surface area contributed by atoms with E-state index in [1.165, 1.54) is 5.56 Å². The molecule has 15 heavy (non-hydrogen) atoms. The maximum Gasteiger partial charge on any atom is 0.0737 e. The van der Waals surface area contributed by atoms with Crippen LogP contribution in [0.5, 0.6) is 0 Å². The summed E-state index contributed by atoms with van der Waals surface area (Å²) in [7, 11) is 0. The molecule has 0 aromatic heterocycles. The number of ether oxygens (including phenoxy) is 1. The van der Waals surface area contributed by atoms with Gasteiger partial charge >= 0.3 is 0 Å². The quantitative estimate of drug-likeness (QED) is 0.774. The van der Waals surface area contributed by atoms with Crippen molar-refractivity contribution in [2.75, 3.05) is 13.2 Å². The summed E-state index contributed by atoms with van der Waals surface area (Å²) in [5.41, 5.74) is 1.23. The van der Waals surface area contributed by atoms with Gasteiger partial charge < -0.3 is 15.2 Å². The van der Waals surface area contributed by atoms with Crippen LogP contribution in [0.1, 0.15) is 12.0 Å². The zero-order valence-electron chi connectivity index (χ0n) is 8.73. The van der Waals surface area contributed by atoms with Crippen LogP contribution in [0.2, 0.25) is 0 Å². The van der Waals surface area contributed by atoms with Crippen molar-refractivity contribution in [1.82, 2.24) is 5.32 Å². The molecule has 2 atom stereocenters. The van der Waals surface area contributed by atoms with Crippen LogP contribution in [0.4, 0.5) is 0 Å². The second-order valence-electron chi connectivity index (χ2n) is 3.90. The molecule has 82 valence electrons. The molecule has 0 amide bonds. The molecule has 1 saturated heterocycles. The lowest BCUT2D eigenvalue weighted by Crippen LogP contribution is -2.46. The number of benzene rings is 1. The van der Waals surface area contributed by atoms with Crippen LogP contribution >= 0.6 is 0 Å². The van der Waals surface area contributed by atoms with Crippen molar-refractivity contribution in [1.29, 1.82) is 0 Å². The molecule has 1 aromatic rings. The molecule has 2 unspecified atom stereocenters. The number of aliphatic hydroxyl groups excluding tert-OH is 1. The van der Waals surface area contributed by atoms with E-state index in [0.717, 1.165) is 13.0 Å². The first-order chi connectivity index (χ1) is 7.36. The summed E-state index contributed by atoms with van der Waals surface area (Å²) in [6, 6.07) is 10.3. The monoisotopic (exact) mass is 207 g/mol. The molecule has 1 aliphatic heterocycles. The third kappa shape index (κ3) is 3.02. The fraction of sp³-hybridized carbons (Fsp3) is 0.500. The van der Waals surface area contributed by atoms with Gasteiger partial charge in [0.1, 0.15) is 0 Å². The van der Waals surface area contributed by atoms with Gasteiger partial charge in [-0.25, -0.2) is 0 Å². The number of hydrogen-bond acceptors (Lipinski definition) is 3. The Kier molecular flexibility index (Phi) is 3.72. The lowest BCUT2D eigenvalue weighted by atomic mass is 10.1. The second-order valence-corrected chi connectivity index (χ2v) is 3.90. The highest BCUT2D eigenvalue weighted by Crippen LogP contribution is 2.08. The molecule has 0 saturated carbocycles. The Hall–Kier alpha value is -0.900. The summed E-state index contributed by atoms with van der Waals surface area (Å²) in [6.07, 6.45) is 0.453. The molecule has 1 aliphatic rings. The number of nitrogens with one attached hydrogen (secondary N) is 1. The first kappa shape index (κ1) is 10.6. The fourth-order valence-electron chi connectivity index (χ4n) is 1.77. The van der Waals surface area contributed by atoms with E-state index in [2.05, 4.69) is 17.4 Å². The summed E-state index contributed by atoms with van der Waals surface area (Å²) in [4.78, 5) is 0. The van der Waals surface area contributed by atoms with Gasteiger partial charge in [-0.3, -0.25) is 0 Å². The normalized spacial score (nSPS) is 26.5. The molecule has 0 spiro atoms. The summed E-state index contributed by atoms with van der Waals surface area (Å²) in [5.74, 6) is 0. The standard InChI is InChI=1S/C12H17NO2/c14-12-6-7-15-9-11(12)13-8-10-4-2-1-3-5-10/h1-5,11-14H,6-9H2. The van der Waals surface area contributed by atoms with Crippen molar-refractivity contribution < 1.29 is 9.84 Å². The molecule has 0 radical (unpaired) electrons. The Morgan fingerprint density at radius 2 is 2.13 bits per heavy atom. The molecular formula is C12H17NO2. The van der Waals surface area contributed by atoms with Crippen molar-refractivity contribution >= 4 is 0 Å². The molecular weight excluding hydrogens is 190 g/mol. The minimum atomic E-state index is -0.275. The molecule has 3 heteroatoms. The molecule has 1 fully saturated rings. The van der Waals surface area contributed by atoms with Gasteiger partial charge in [-0.1, -0.05) is 30.3 Å². The van der Waals surface area contributed by atoms with E-state index in [1.807, 2.05) is 18.2 Å². The minimum absolute atomic E-state index is 0.0685. The molecule has 2 rings (SSSR count). The Morgan fingerprint density at radius 1 is 1.33 bits per heavy atom. The van der Waals surface area contributed by atoms with E-state index in [9.17, 15) is 5.11 Å². The smallest absolute Gasteiger partial charge is 0.0737 e. The number of hydrogen-bond donors (Lipinski definition) is 2. The molecule has 3 nitrogen and oxygen atoms in total. The largest absolute Gasteiger partial charge is 0.391 e. The van der Waals surface area contributed by atoms with Gasteiger partial charge in [0.2, 0.25) is 0 Å². The zero-order valence-corrected chi connectivity index (χ0v) is 8.73. The molecule has 1 aromatic carbocycles. The van der Waals surface area contributed by atoms with Crippen LogP contribution < -0.4 is 5.32 Å². The fourth-order valence-corrected chi connectivity index (χ4v) is 1.77. The predicted octanol–water partition coefficient (Wildman–Crippen LogP) is 0.926. The van der Waals surface area contributed by atoms with Crippen LogP contribution in [0, 0.1) is 0 Å². The van der Waals surface area contributed by atoms with Crippen LogP contribution in [0.15, 0.2) is 30.3 Å². The van der Waals surface area contributed by atoms with Gasteiger partial charge in [-0.2, -0.15) is 0 Å². The Balaban J connectivity index is 1.82. The number of rotatable bonds is 3. The SMILES string of the molecule is OC1CCOCC1NCc1ccccc1. The summed E-state index contributed by atoms with van der Waals surface area (Å²) in [5, 5.41) is 13.0. The summed E-state index contributed by atoms with van der Waals surface area (Å²) < 4.78 is 5.32. The minimum Gasteiger partial charge on any atom is -0.391 e. The van der Waals surface area contributed by atoms with Crippen molar-refractivity contribution in [3.8, 4) is 0 Å². The highest BCUT2D eigenvalue weighted by Gasteiger charge is 2.22. The molecule has 0 bridgehead atoms. The highest BCUT2D eigenvalue weighted by atomic mass is 16.5. The first-order valence-corrected chi connectivity index (χ1v) is 5.39. The van der Waals surface area contributed by atoms with Crippen LogP contribution in [-0.4, -0.2) is 30.5 Å². The van der Waals surface area contributed by atoms with E-state index in [-0.39, 0.29) is 12.1 Å². The highest BCUT2D eigenvalue weighted by molar-refractivity contribution is 5.14. The maximum absolute atomic E-state index is 9.70. The van der Waals surface area contributed by atoms with E-state index in [4.69, 9.17) is 4.74 Å². The van der Waals surface area contributed by atoms with Crippen LogP contribution in [0.3, 0.4) is 0 Å². The maximum atomic E-state index is 9.70. The van der Waals surface area contributed by atoms with Crippen LogP contribution in [-0.2, 0) is 11.3 Å². The second kappa shape index (κ2) is 5.26. The molecule has 2 N–H and O–H groups in total. The van der Waals surface area contributed by atoms with Gasteiger partial charge in [-0.05, 0) is 12.0 Å². The van der Waals surface area contributed by atoms with Gasteiger partial charge in [0.05, 0.1) is 18.8 Å². The lowest BCUT2D eigenvalue weighted by Gasteiger charge is -2.28. The Labute approximate surface area is 90.1 Å². The first-order valence-electron chi connectivity index (χ1n) is 5.39. The lowest BCUT2D eigenvalue weighted by molar-refractivity contribution is -0.0159. The Bertz CT molecular complexity index is 289. The summed E-state index contributed by atoms with van der Waals surface area (Å²) in [6.45, 7) is 2.06. The van der Waals surface area contributed by atoms with Gasteiger partial charge in [0.25, 0.3) is 0 Å². The van der Waals surface area contributed by atoms with Crippen LogP contribution in [0.25, 0.3) is 0 Å². The van der Waals surface area contributed by atoms with Crippen molar-refractivity contribution in [3.05, 3.63) is 35.9 Å². The topological polar surface area (TPSA) is 41.5 Å². The number of aliphatic hydroxyl groups is 1. The molecule has 1 heterocycles. The summed E-state index contributed by atoms with van der Waals surface area (Å²) >= 11 is 0. The van der Waals surface area contributed by atoms with E-state index in [1.54, 1.807) is 0 Å². The average molecular weight is 207 g/mol. The van der Waals surface area contributed by atoms with Gasteiger partial charge in [0.15, 0.2) is 0 Å². The van der Waals surface area contributed by atoms with E-state index in [0.29, 0.717) is 13.2 Å². The van der Waals surface area contributed by atoms with E-state index >= 15 is 0 Å². The average Bonchev–Trinajstić information content (AvgIpc) is 2.29. The van der Waals surface area contributed by atoms with Crippen molar-refractivity contribution in [2.45, 2.75) is 25.1 Å². The predicted molar refractivity (Wildman–Crippen MR) is 58.5 cm³/mol. The van der Waals surface area contributed by atoms with Gasteiger partial charge in [-0.15, -0.1) is 0 Å².